The van der Waals surface area contributed by atoms with E-state index in [0.29, 0.717) is 13.0 Å². The van der Waals surface area contributed by atoms with E-state index in [4.69, 9.17) is 4.74 Å². The first-order chi connectivity index (χ1) is 19.2. The standard InChI is InChI=1S/C37H72O2/c1-4-5-6-7-8-9-10-11-12-13-14-15-16-17-18-19-20-21-25-28-31-34-37(38)39-35-32-29-26-23-22-24-27-30-33-36(2)3/h11-12,36H,4-10,13-35H2,1-3H3. The molecule has 0 N–H and O–H groups in total. The molecule has 0 aromatic carbocycles. The van der Waals surface area contributed by atoms with Crippen LogP contribution in [0.4, 0.5) is 0 Å². The molecule has 0 heterocycles. The van der Waals surface area contributed by atoms with Gasteiger partial charge in [0.1, 0.15) is 0 Å². The Morgan fingerprint density at radius 3 is 1.36 bits per heavy atom. The molecule has 0 atom stereocenters. The van der Waals surface area contributed by atoms with E-state index in [2.05, 4.69) is 32.9 Å². The molecule has 0 unspecified atom stereocenters. The van der Waals surface area contributed by atoms with Gasteiger partial charge >= 0.3 is 5.97 Å². The van der Waals surface area contributed by atoms with E-state index in [1.165, 1.54) is 167 Å². The molecule has 0 saturated carbocycles. The number of allylic oxidation sites excluding steroid dienone is 2. The molecule has 0 aliphatic rings. The Labute approximate surface area is 246 Å². The summed E-state index contributed by atoms with van der Waals surface area (Å²) >= 11 is 0. The lowest BCUT2D eigenvalue weighted by Gasteiger charge is -2.06. The Morgan fingerprint density at radius 1 is 0.513 bits per heavy atom. The van der Waals surface area contributed by atoms with Crippen molar-refractivity contribution in [3.8, 4) is 0 Å². The van der Waals surface area contributed by atoms with Gasteiger partial charge in [-0.3, -0.25) is 4.79 Å². The largest absolute Gasteiger partial charge is 0.466 e. The van der Waals surface area contributed by atoms with Gasteiger partial charge in [0.2, 0.25) is 0 Å². The number of carbonyl (C=O) groups is 1. The van der Waals surface area contributed by atoms with Crippen molar-refractivity contribution in [2.45, 2.75) is 207 Å². The SMILES string of the molecule is CCCCCCCCC=CCCCCCCCCCCCCCC(=O)OCCCCCCCCCCC(C)C. The van der Waals surface area contributed by atoms with Crippen LogP contribution in [0.25, 0.3) is 0 Å². The summed E-state index contributed by atoms with van der Waals surface area (Å²) in [4.78, 5) is 11.9. The average molecular weight is 549 g/mol. The van der Waals surface area contributed by atoms with E-state index in [-0.39, 0.29) is 5.97 Å². The first-order valence-corrected chi connectivity index (χ1v) is 18.0. The molecule has 232 valence electrons. The van der Waals surface area contributed by atoms with Crippen LogP contribution in [0.3, 0.4) is 0 Å². The number of hydrogen-bond acceptors (Lipinski definition) is 2. The summed E-state index contributed by atoms with van der Waals surface area (Å²) in [5.74, 6) is 0.873. The number of carbonyl (C=O) groups excluding carboxylic acids is 1. The van der Waals surface area contributed by atoms with Crippen LogP contribution in [0, 0.1) is 5.92 Å². The highest BCUT2D eigenvalue weighted by molar-refractivity contribution is 5.69. The van der Waals surface area contributed by atoms with E-state index in [9.17, 15) is 4.79 Å². The van der Waals surface area contributed by atoms with Crippen LogP contribution in [-0.2, 0) is 9.53 Å². The van der Waals surface area contributed by atoms with Gasteiger partial charge in [0, 0.05) is 6.42 Å². The molecule has 0 fully saturated rings. The molecular formula is C37H72O2. The van der Waals surface area contributed by atoms with Gasteiger partial charge in [0.25, 0.3) is 0 Å². The maximum Gasteiger partial charge on any atom is 0.305 e. The van der Waals surface area contributed by atoms with E-state index < -0.39 is 0 Å². The fourth-order valence-electron chi connectivity index (χ4n) is 5.37. The van der Waals surface area contributed by atoms with E-state index >= 15 is 0 Å². The minimum atomic E-state index is 0.0217. The predicted molar refractivity (Wildman–Crippen MR) is 175 cm³/mol. The molecule has 0 spiro atoms. The first-order valence-electron chi connectivity index (χ1n) is 18.0. The summed E-state index contributed by atoms with van der Waals surface area (Å²) < 4.78 is 5.43. The third-order valence-corrected chi connectivity index (χ3v) is 8.08. The quantitative estimate of drug-likeness (QED) is 0.0474. The zero-order chi connectivity index (χ0) is 28.5. The normalized spacial score (nSPS) is 11.7. The van der Waals surface area contributed by atoms with Crippen molar-refractivity contribution in [3.05, 3.63) is 12.2 Å². The number of esters is 1. The van der Waals surface area contributed by atoms with Crippen molar-refractivity contribution in [1.82, 2.24) is 0 Å². The summed E-state index contributed by atoms with van der Waals surface area (Å²) in [5, 5.41) is 0. The molecule has 0 aliphatic carbocycles. The van der Waals surface area contributed by atoms with Gasteiger partial charge in [-0.2, -0.15) is 0 Å². The van der Waals surface area contributed by atoms with Crippen molar-refractivity contribution >= 4 is 5.97 Å². The monoisotopic (exact) mass is 549 g/mol. The van der Waals surface area contributed by atoms with Crippen LogP contribution in [-0.4, -0.2) is 12.6 Å². The maximum absolute atomic E-state index is 11.9. The smallest absolute Gasteiger partial charge is 0.305 e. The molecule has 0 bridgehead atoms. The lowest BCUT2D eigenvalue weighted by Crippen LogP contribution is -2.05. The highest BCUT2D eigenvalue weighted by Gasteiger charge is 2.03. The highest BCUT2D eigenvalue weighted by Crippen LogP contribution is 2.15. The number of hydrogen-bond donors (Lipinski definition) is 0. The fourth-order valence-corrected chi connectivity index (χ4v) is 5.37. The van der Waals surface area contributed by atoms with Gasteiger partial charge in [-0.15, -0.1) is 0 Å². The molecule has 39 heavy (non-hydrogen) atoms. The zero-order valence-electron chi connectivity index (χ0n) is 27.3. The molecule has 2 heteroatoms. The molecular weight excluding hydrogens is 476 g/mol. The lowest BCUT2D eigenvalue weighted by molar-refractivity contribution is -0.143. The van der Waals surface area contributed by atoms with Crippen molar-refractivity contribution in [2.75, 3.05) is 6.61 Å². The van der Waals surface area contributed by atoms with Crippen LogP contribution in [0.2, 0.25) is 0 Å². The predicted octanol–water partition coefficient (Wildman–Crippen LogP) is 13.1. The highest BCUT2D eigenvalue weighted by atomic mass is 16.5. The van der Waals surface area contributed by atoms with Crippen molar-refractivity contribution < 1.29 is 9.53 Å². The summed E-state index contributed by atoms with van der Waals surface area (Å²) in [6, 6.07) is 0. The van der Waals surface area contributed by atoms with Gasteiger partial charge in [0.05, 0.1) is 6.61 Å². The van der Waals surface area contributed by atoms with E-state index in [1.54, 1.807) is 0 Å². The van der Waals surface area contributed by atoms with E-state index in [1.807, 2.05) is 0 Å². The zero-order valence-corrected chi connectivity index (χ0v) is 27.3. The van der Waals surface area contributed by atoms with Gasteiger partial charge < -0.3 is 4.74 Å². The Kier molecular flexibility index (Phi) is 32.7. The minimum absolute atomic E-state index is 0.0217. The lowest BCUT2D eigenvalue weighted by atomic mass is 10.0. The van der Waals surface area contributed by atoms with Crippen molar-refractivity contribution in [3.63, 3.8) is 0 Å². The molecule has 0 aliphatic heterocycles. The van der Waals surface area contributed by atoms with Crippen LogP contribution >= 0.6 is 0 Å². The molecule has 0 rings (SSSR count). The molecule has 2 nitrogen and oxygen atoms in total. The van der Waals surface area contributed by atoms with Gasteiger partial charge in [-0.1, -0.05) is 174 Å². The third kappa shape index (κ3) is 35.2. The minimum Gasteiger partial charge on any atom is -0.466 e. The summed E-state index contributed by atoms with van der Waals surface area (Å²) in [5.41, 5.74) is 0. The van der Waals surface area contributed by atoms with Crippen LogP contribution in [0.15, 0.2) is 12.2 Å². The second-order valence-corrected chi connectivity index (χ2v) is 12.7. The number of unbranched alkanes of at least 4 members (excludes halogenated alkanes) is 24. The second kappa shape index (κ2) is 33.4. The summed E-state index contributed by atoms with van der Waals surface area (Å²) in [6.07, 6.45) is 42.8. The summed E-state index contributed by atoms with van der Waals surface area (Å²) in [7, 11) is 0. The summed E-state index contributed by atoms with van der Waals surface area (Å²) in [6.45, 7) is 7.54. The van der Waals surface area contributed by atoms with Crippen molar-refractivity contribution in [1.29, 1.82) is 0 Å². The molecule has 0 aromatic rings. The number of rotatable bonds is 32. The third-order valence-electron chi connectivity index (χ3n) is 8.08. The topological polar surface area (TPSA) is 26.3 Å². The Morgan fingerprint density at radius 2 is 0.897 bits per heavy atom. The molecule has 0 radical (unpaired) electrons. The Hall–Kier alpha value is -0.790. The first kappa shape index (κ1) is 38.2. The molecule has 0 amide bonds. The van der Waals surface area contributed by atoms with Gasteiger partial charge in [-0.05, 0) is 44.4 Å². The van der Waals surface area contributed by atoms with Crippen LogP contribution < -0.4 is 0 Å². The molecule has 0 saturated heterocycles. The second-order valence-electron chi connectivity index (χ2n) is 12.7. The Balaban J connectivity index is 3.18. The van der Waals surface area contributed by atoms with Gasteiger partial charge in [0.15, 0.2) is 0 Å². The van der Waals surface area contributed by atoms with E-state index in [0.717, 1.165) is 18.8 Å². The van der Waals surface area contributed by atoms with Gasteiger partial charge in [-0.25, -0.2) is 0 Å². The maximum atomic E-state index is 11.9. The van der Waals surface area contributed by atoms with Crippen LogP contribution in [0.1, 0.15) is 207 Å². The van der Waals surface area contributed by atoms with Crippen molar-refractivity contribution in [2.24, 2.45) is 5.92 Å². The average Bonchev–Trinajstić information content (AvgIpc) is 2.92. The fraction of sp³-hybridized carbons (Fsp3) is 0.919. The molecule has 0 aromatic heterocycles. The number of ether oxygens (including phenoxy) is 1. The van der Waals surface area contributed by atoms with Crippen LogP contribution in [0.5, 0.6) is 0 Å². The Bertz CT molecular complexity index is 496.